The second-order valence-electron chi connectivity index (χ2n) is 7.13. The van der Waals surface area contributed by atoms with E-state index in [1.165, 1.54) is 12.1 Å². The molecule has 2 rings (SSSR count). The Morgan fingerprint density at radius 2 is 2.20 bits per heavy atom. The molecule has 0 aromatic heterocycles. The Balaban J connectivity index is 1.85. The van der Waals surface area contributed by atoms with Crippen LogP contribution in [0, 0.1) is 11.8 Å². The van der Waals surface area contributed by atoms with Crippen molar-refractivity contribution in [3.05, 3.63) is 24.3 Å². The molecule has 25 heavy (non-hydrogen) atoms. The highest BCUT2D eigenvalue weighted by Crippen LogP contribution is 2.26. The molecular weight excluding hydrogens is 312 g/mol. The van der Waals surface area contributed by atoms with E-state index in [9.17, 15) is 0 Å². The Morgan fingerprint density at radius 3 is 2.92 bits per heavy atom. The van der Waals surface area contributed by atoms with E-state index in [4.69, 9.17) is 9.73 Å². The average Bonchev–Trinajstić information content (AvgIpc) is 3.08. The minimum absolute atomic E-state index is 0.603. The maximum atomic E-state index is 5.34. The molecular formula is C20H34N4O. The van der Waals surface area contributed by atoms with Crippen LogP contribution in [0.3, 0.4) is 0 Å². The van der Waals surface area contributed by atoms with Gasteiger partial charge in [0.05, 0.1) is 7.11 Å². The lowest BCUT2D eigenvalue weighted by Crippen LogP contribution is -2.38. The normalized spacial score (nSPS) is 17.9. The molecule has 1 unspecified atom stereocenters. The van der Waals surface area contributed by atoms with Crippen LogP contribution in [0.25, 0.3) is 0 Å². The van der Waals surface area contributed by atoms with Crippen molar-refractivity contribution in [1.29, 1.82) is 0 Å². The van der Waals surface area contributed by atoms with Crippen LogP contribution in [0.1, 0.15) is 33.6 Å². The third-order valence-corrected chi connectivity index (χ3v) is 4.57. The van der Waals surface area contributed by atoms with Crippen molar-refractivity contribution in [2.24, 2.45) is 16.8 Å². The number of ether oxygens (including phenoxy) is 1. The van der Waals surface area contributed by atoms with Gasteiger partial charge in [0, 0.05) is 44.5 Å². The van der Waals surface area contributed by atoms with E-state index >= 15 is 0 Å². The van der Waals surface area contributed by atoms with E-state index in [2.05, 4.69) is 54.5 Å². The predicted molar refractivity (Wildman–Crippen MR) is 107 cm³/mol. The Labute approximate surface area is 152 Å². The summed E-state index contributed by atoms with van der Waals surface area (Å²) in [7, 11) is 1.72. The van der Waals surface area contributed by atoms with Gasteiger partial charge in [-0.15, -0.1) is 0 Å². The highest BCUT2D eigenvalue weighted by Gasteiger charge is 2.22. The van der Waals surface area contributed by atoms with Crippen LogP contribution in [-0.2, 0) is 0 Å². The fraction of sp³-hybridized carbons (Fsp3) is 0.650. The second kappa shape index (κ2) is 10.2. The zero-order valence-corrected chi connectivity index (χ0v) is 16.2. The van der Waals surface area contributed by atoms with E-state index in [0.717, 1.165) is 50.9 Å². The van der Waals surface area contributed by atoms with Crippen molar-refractivity contribution in [1.82, 2.24) is 10.6 Å². The summed E-state index contributed by atoms with van der Waals surface area (Å²) in [4.78, 5) is 7.23. The molecule has 1 fully saturated rings. The standard InChI is InChI=1S/C20H34N4O/c1-5-21-20(22-11-9-16(2)3)23-14-17-10-12-24(15-17)18-7-6-8-19(13-18)25-4/h6-8,13,16-17H,5,9-12,14-15H2,1-4H3,(H2,21,22,23). The van der Waals surface area contributed by atoms with Crippen molar-refractivity contribution >= 4 is 11.6 Å². The molecule has 1 aliphatic rings. The van der Waals surface area contributed by atoms with Crippen LogP contribution in [0.15, 0.2) is 29.3 Å². The topological polar surface area (TPSA) is 48.9 Å². The monoisotopic (exact) mass is 346 g/mol. The highest BCUT2D eigenvalue weighted by atomic mass is 16.5. The van der Waals surface area contributed by atoms with Gasteiger partial charge in [-0.2, -0.15) is 0 Å². The van der Waals surface area contributed by atoms with Crippen molar-refractivity contribution in [2.75, 3.05) is 44.7 Å². The van der Waals surface area contributed by atoms with Gasteiger partial charge in [-0.3, -0.25) is 4.99 Å². The van der Waals surface area contributed by atoms with E-state index < -0.39 is 0 Å². The first-order chi connectivity index (χ1) is 12.1. The summed E-state index contributed by atoms with van der Waals surface area (Å²) in [6.45, 7) is 11.5. The molecule has 5 nitrogen and oxygen atoms in total. The molecule has 0 bridgehead atoms. The summed E-state index contributed by atoms with van der Waals surface area (Å²) in [6, 6.07) is 8.32. The first kappa shape index (κ1) is 19.4. The number of nitrogens with zero attached hydrogens (tertiary/aromatic N) is 2. The minimum Gasteiger partial charge on any atom is -0.497 e. The third-order valence-electron chi connectivity index (χ3n) is 4.57. The molecule has 1 atom stereocenters. The number of aliphatic imine (C=N–C) groups is 1. The molecule has 0 saturated carbocycles. The van der Waals surface area contributed by atoms with Gasteiger partial charge in [0.2, 0.25) is 0 Å². The lowest BCUT2D eigenvalue weighted by atomic mass is 10.1. The second-order valence-corrected chi connectivity index (χ2v) is 7.13. The Kier molecular flexibility index (Phi) is 7.89. The number of anilines is 1. The number of methoxy groups -OCH3 is 1. The lowest BCUT2D eigenvalue weighted by Gasteiger charge is -2.19. The van der Waals surface area contributed by atoms with Crippen molar-refractivity contribution in [3.63, 3.8) is 0 Å². The molecule has 5 heteroatoms. The van der Waals surface area contributed by atoms with E-state index in [-0.39, 0.29) is 0 Å². The first-order valence-electron chi connectivity index (χ1n) is 9.53. The summed E-state index contributed by atoms with van der Waals surface area (Å²) in [5.74, 6) is 3.18. The van der Waals surface area contributed by atoms with Gasteiger partial charge in [0.15, 0.2) is 5.96 Å². The SMILES string of the molecule is CCNC(=NCC1CCN(c2cccc(OC)c2)C1)NCCC(C)C. The minimum atomic E-state index is 0.603. The van der Waals surface area contributed by atoms with Crippen LogP contribution in [0.2, 0.25) is 0 Å². The van der Waals surface area contributed by atoms with Crippen molar-refractivity contribution in [2.45, 2.75) is 33.6 Å². The maximum Gasteiger partial charge on any atom is 0.191 e. The average molecular weight is 347 g/mol. The summed E-state index contributed by atoms with van der Waals surface area (Å²) in [5.41, 5.74) is 1.24. The summed E-state index contributed by atoms with van der Waals surface area (Å²) >= 11 is 0. The zero-order chi connectivity index (χ0) is 18.1. The predicted octanol–water partition coefficient (Wildman–Crippen LogP) is 3.12. The Morgan fingerprint density at radius 1 is 1.36 bits per heavy atom. The Hall–Kier alpha value is -1.91. The van der Waals surface area contributed by atoms with Crippen molar-refractivity contribution < 1.29 is 4.74 Å². The van der Waals surface area contributed by atoms with E-state index in [1.54, 1.807) is 7.11 Å². The fourth-order valence-electron chi connectivity index (χ4n) is 3.06. The number of rotatable bonds is 8. The molecule has 140 valence electrons. The molecule has 1 aromatic carbocycles. The van der Waals surface area contributed by atoms with Crippen LogP contribution >= 0.6 is 0 Å². The van der Waals surface area contributed by atoms with Gasteiger partial charge in [-0.05, 0) is 43.7 Å². The van der Waals surface area contributed by atoms with Crippen LogP contribution < -0.4 is 20.3 Å². The smallest absolute Gasteiger partial charge is 0.191 e. The summed E-state index contributed by atoms with van der Waals surface area (Å²) in [5, 5.41) is 6.79. The molecule has 2 N–H and O–H groups in total. The van der Waals surface area contributed by atoms with Gasteiger partial charge in [-0.1, -0.05) is 19.9 Å². The lowest BCUT2D eigenvalue weighted by molar-refractivity contribution is 0.415. The maximum absolute atomic E-state index is 5.34. The molecule has 0 radical (unpaired) electrons. The van der Waals surface area contributed by atoms with Gasteiger partial charge < -0.3 is 20.3 Å². The molecule has 0 spiro atoms. The molecule has 1 heterocycles. The molecule has 0 aliphatic carbocycles. The molecule has 0 amide bonds. The van der Waals surface area contributed by atoms with Gasteiger partial charge in [-0.25, -0.2) is 0 Å². The summed E-state index contributed by atoms with van der Waals surface area (Å²) < 4.78 is 5.34. The molecule has 1 aromatic rings. The van der Waals surface area contributed by atoms with Crippen LogP contribution in [0.4, 0.5) is 5.69 Å². The fourth-order valence-corrected chi connectivity index (χ4v) is 3.06. The van der Waals surface area contributed by atoms with E-state index in [0.29, 0.717) is 11.8 Å². The number of hydrogen-bond donors (Lipinski definition) is 2. The Bertz CT molecular complexity index is 544. The molecule has 1 aliphatic heterocycles. The number of guanidine groups is 1. The summed E-state index contributed by atoms with van der Waals surface area (Å²) in [6.07, 6.45) is 2.35. The van der Waals surface area contributed by atoms with Gasteiger partial charge in [0.25, 0.3) is 0 Å². The largest absolute Gasteiger partial charge is 0.497 e. The van der Waals surface area contributed by atoms with E-state index in [1.807, 2.05) is 6.07 Å². The van der Waals surface area contributed by atoms with Crippen molar-refractivity contribution in [3.8, 4) is 5.75 Å². The van der Waals surface area contributed by atoms with Crippen LogP contribution in [-0.4, -0.2) is 45.8 Å². The van der Waals surface area contributed by atoms with Crippen LogP contribution in [0.5, 0.6) is 5.75 Å². The quantitative estimate of drug-likeness (QED) is 0.561. The third kappa shape index (κ3) is 6.48. The number of nitrogens with one attached hydrogen (secondary N) is 2. The number of hydrogen-bond acceptors (Lipinski definition) is 3. The first-order valence-corrected chi connectivity index (χ1v) is 9.53. The van der Waals surface area contributed by atoms with Gasteiger partial charge >= 0.3 is 0 Å². The molecule has 1 saturated heterocycles. The zero-order valence-electron chi connectivity index (χ0n) is 16.2. The highest BCUT2D eigenvalue weighted by molar-refractivity contribution is 5.79. The number of benzene rings is 1. The van der Waals surface area contributed by atoms with Gasteiger partial charge in [0.1, 0.15) is 5.75 Å².